The molecule has 1 aliphatic carbocycles. The summed E-state index contributed by atoms with van der Waals surface area (Å²) in [5, 5.41) is 10.8. The van der Waals surface area contributed by atoms with Crippen molar-refractivity contribution in [2.75, 3.05) is 31.6 Å². The number of likely N-dealkylation sites (N-methyl/N-ethyl adjacent to an activating group) is 1. The van der Waals surface area contributed by atoms with Crippen molar-refractivity contribution in [3.63, 3.8) is 0 Å². The first-order chi connectivity index (χ1) is 13.7. The molecule has 7 nitrogen and oxygen atoms in total. The molecule has 29 heavy (non-hydrogen) atoms. The van der Waals surface area contributed by atoms with Gasteiger partial charge in [-0.25, -0.2) is 13.6 Å². The number of rotatable bonds is 3. The second kappa shape index (κ2) is 5.99. The Hall–Kier alpha value is -2.52. The van der Waals surface area contributed by atoms with Gasteiger partial charge >= 0.3 is 5.97 Å². The maximum Gasteiger partial charge on any atom is 0.341 e. The van der Waals surface area contributed by atoms with Crippen LogP contribution < -0.4 is 10.3 Å². The summed E-state index contributed by atoms with van der Waals surface area (Å²) >= 11 is 0. The largest absolute Gasteiger partial charge is 0.477 e. The van der Waals surface area contributed by atoms with E-state index < -0.39 is 28.6 Å². The fraction of sp³-hybridized carbons (Fsp3) is 0.500. The molecule has 5 rings (SSSR count). The molecule has 2 unspecified atom stereocenters. The number of fused-ring (bicyclic) bond motifs is 2. The highest BCUT2D eigenvalue weighted by atomic mass is 19.1. The first-order valence-corrected chi connectivity index (χ1v) is 9.64. The van der Waals surface area contributed by atoms with E-state index in [4.69, 9.17) is 4.84 Å². The van der Waals surface area contributed by atoms with Crippen molar-refractivity contribution < 1.29 is 23.5 Å². The minimum absolute atomic E-state index is 0.0225. The highest BCUT2D eigenvalue weighted by Gasteiger charge is 2.52. The van der Waals surface area contributed by atoms with Crippen LogP contribution in [0.2, 0.25) is 0 Å². The fourth-order valence-electron chi connectivity index (χ4n) is 4.67. The Morgan fingerprint density at radius 2 is 2.07 bits per heavy atom. The number of carboxylic acids is 1. The molecule has 0 spiro atoms. The first kappa shape index (κ1) is 18.5. The third-order valence-corrected chi connectivity index (χ3v) is 6.69. The average molecular weight is 405 g/mol. The molecule has 1 aromatic carbocycles. The smallest absolute Gasteiger partial charge is 0.341 e. The van der Waals surface area contributed by atoms with E-state index in [0.717, 1.165) is 18.9 Å². The maximum absolute atomic E-state index is 15.7. The molecule has 0 amide bonds. The van der Waals surface area contributed by atoms with Gasteiger partial charge in [-0.2, -0.15) is 5.06 Å². The Morgan fingerprint density at radius 3 is 2.69 bits per heavy atom. The number of pyridine rings is 1. The van der Waals surface area contributed by atoms with Crippen LogP contribution in [0.5, 0.6) is 0 Å². The lowest BCUT2D eigenvalue weighted by molar-refractivity contribution is -0.134. The van der Waals surface area contributed by atoms with Gasteiger partial charge in [-0.3, -0.25) is 9.63 Å². The van der Waals surface area contributed by atoms with Crippen molar-refractivity contribution >= 4 is 22.6 Å². The van der Waals surface area contributed by atoms with Crippen LogP contribution in [-0.4, -0.2) is 53.0 Å². The van der Waals surface area contributed by atoms with Crippen LogP contribution in [0.4, 0.5) is 14.5 Å². The number of anilines is 1. The minimum Gasteiger partial charge on any atom is -0.477 e. The van der Waals surface area contributed by atoms with E-state index >= 15 is 8.78 Å². The molecule has 1 saturated carbocycles. The van der Waals surface area contributed by atoms with E-state index in [1.165, 1.54) is 10.8 Å². The standard InChI is InChI=1S/C20H21F2N3O4/c1-20-9-24(6-10(20)8-29-23(20)2)17-14(21)5-12-16(15(17)22)25(11-3-4-11)7-13(18(12)26)19(27)28/h5,7,10-11H,3-4,6,8-9H2,1-2H3,(H,27,28). The number of hydrogen-bond donors (Lipinski definition) is 1. The van der Waals surface area contributed by atoms with E-state index in [0.29, 0.717) is 19.7 Å². The summed E-state index contributed by atoms with van der Waals surface area (Å²) in [6.45, 7) is 3.30. The van der Waals surface area contributed by atoms with E-state index in [2.05, 4.69) is 0 Å². The van der Waals surface area contributed by atoms with E-state index in [9.17, 15) is 14.7 Å². The highest BCUT2D eigenvalue weighted by molar-refractivity contribution is 5.94. The normalized spacial score (nSPS) is 27.0. The zero-order chi connectivity index (χ0) is 20.7. The van der Waals surface area contributed by atoms with E-state index in [-0.39, 0.29) is 34.1 Å². The second-order valence-electron chi connectivity index (χ2n) is 8.46. The molecule has 2 aliphatic heterocycles. The Balaban J connectivity index is 1.71. The molecule has 1 N–H and O–H groups in total. The van der Waals surface area contributed by atoms with Gasteiger partial charge in [-0.1, -0.05) is 0 Å². The number of halogens is 2. The maximum atomic E-state index is 15.7. The quantitative estimate of drug-likeness (QED) is 0.845. The Kier molecular flexibility index (Phi) is 3.82. The number of aromatic carboxylic acids is 1. The van der Waals surface area contributed by atoms with Crippen LogP contribution in [0.3, 0.4) is 0 Å². The van der Waals surface area contributed by atoms with Crippen molar-refractivity contribution in [1.82, 2.24) is 9.63 Å². The zero-order valence-electron chi connectivity index (χ0n) is 16.1. The van der Waals surface area contributed by atoms with Crippen molar-refractivity contribution in [2.24, 2.45) is 5.92 Å². The van der Waals surface area contributed by atoms with Crippen molar-refractivity contribution in [3.05, 3.63) is 39.7 Å². The topological polar surface area (TPSA) is 75.0 Å². The van der Waals surface area contributed by atoms with Gasteiger partial charge < -0.3 is 14.6 Å². The highest BCUT2D eigenvalue weighted by Crippen LogP contribution is 2.43. The van der Waals surface area contributed by atoms with Gasteiger partial charge in [0.1, 0.15) is 17.1 Å². The number of hydroxylamine groups is 2. The van der Waals surface area contributed by atoms with Crippen molar-refractivity contribution in [1.29, 1.82) is 0 Å². The van der Waals surface area contributed by atoms with Crippen LogP contribution in [0.25, 0.3) is 10.9 Å². The average Bonchev–Trinajstić information content (AvgIpc) is 3.39. The van der Waals surface area contributed by atoms with Crippen LogP contribution in [0.15, 0.2) is 17.1 Å². The lowest BCUT2D eigenvalue weighted by Crippen LogP contribution is -2.44. The summed E-state index contributed by atoms with van der Waals surface area (Å²) in [4.78, 5) is 31.3. The predicted octanol–water partition coefficient (Wildman–Crippen LogP) is 2.38. The molecule has 0 bridgehead atoms. The number of carboxylic acid groups (broad SMARTS) is 1. The lowest BCUT2D eigenvalue weighted by atomic mass is 9.91. The molecule has 1 aromatic heterocycles. The third-order valence-electron chi connectivity index (χ3n) is 6.69. The van der Waals surface area contributed by atoms with Gasteiger partial charge in [0.15, 0.2) is 5.82 Å². The molecule has 3 aliphatic rings. The molecular weight excluding hydrogens is 384 g/mol. The van der Waals surface area contributed by atoms with Crippen LogP contribution >= 0.6 is 0 Å². The fourth-order valence-corrected chi connectivity index (χ4v) is 4.67. The van der Waals surface area contributed by atoms with Crippen molar-refractivity contribution in [2.45, 2.75) is 31.3 Å². The first-order valence-electron chi connectivity index (χ1n) is 9.64. The third kappa shape index (κ3) is 2.53. The van der Waals surface area contributed by atoms with Gasteiger partial charge in [0.2, 0.25) is 5.43 Å². The van der Waals surface area contributed by atoms with Crippen LogP contribution in [0, 0.1) is 17.6 Å². The summed E-state index contributed by atoms with van der Waals surface area (Å²) in [5.74, 6) is -2.97. The molecular formula is C20H21F2N3O4. The number of hydrogen-bond acceptors (Lipinski definition) is 5. The van der Waals surface area contributed by atoms with Crippen LogP contribution in [-0.2, 0) is 4.84 Å². The van der Waals surface area contributed by atoms with E-state index in [1.807, 2.05) is 14.0 Å². The van der Waals surface area contributed by atoms with Gasteiger partial charge in [0, 0.05) is 38.3 Å². The minimum atomic E-state index is -1.40. The van der Waals surface area contributed by atoms with Gasteiger partial charge in [-0.15, -0.1) is 0 Å². The van der Waals surface area contributed by atoms with E-state index in [1.54, 1.807) is 9.96 Å². The number of benzene rings is 1. The predicted molar refractivity (Wildman–Crippen MR) is 101 cm³/mol. The Bertz CT molecular complexity index is 1110. The molecule has 2 saturated heterocycles. The van der Waals surface area contributed by atoms with Gasteiger partial charge in [0.05, 0.1) is 23.0 Å². The summed E-state index contributed by atoms with van der Waals surface area (Å²) in [5.41, 5.74) is -1.90. The molecule has 0 radical (unpaired) electrons. The summed E-state index contributed by atoms with van der Waals surface area (Å²) in [7, 11) is 1.81. The second-order valence-corrected chi connectivity index (χ2v) is 8.46. The molecule has 2 atom stereocenters. The zero-order valence-corrected chi connectivity index (χ0v) is 16.1. The number of nitrogens with zero attached hydrogens (tertiary/aromatic N) is 3. The summed E-state index contributed by atoms with van der Waals surface area (Å²) < 4.78 is 32.3. The SMILES string of the molecule is CN1OCC2CN(c3c(F)cc4c(=O)c(C(=O)O)cn(C5CC5)c4c3F)CC21C. The molecule has 3 heterocycles. The summed E-state index contributed by atoms with van der Waals surface area (Å²) in [6.07, 6.45) is 2.71. The molecule has 9 heteroatoms. The molecule has 154 valence electrons. The Morgan fingerprint density at radius 1 is 1.34 bits per heavy atom. The summed E-state index contributed by atoms with van der Waals surface area (Å²) in [6, 6.07) is 0.900. The lowest BCUT2D eigenvalue weighted by Gasteiger charge is -2.30. The number of carbonyl (C=O) groups is 1. The monoisotopic (exact) mass is 405 g/mol. The molecule has 2 aromatic rings. The Labute approximate surface area is 165 Å². The number of aromatic nitrogens is 1. The van der Waals surface area contributed by atoms with Gasteiger partial charge in [0.25, 0.3) is 0 Å². The molecule has 3 fully saturated rings. The van der Waals surface area contributed by atoms with Crippen LogP contribution in [0.1, 0.15) is 36.2 Å². The van der Waals surface area contributed by atoms with Gasteiger partial charge in [-0.05, 0) is 25.8 Å². The van der Waals surface area contributed by atoms with Crippen molar-refractivity contribution in [3.8, 4) is 0 Å².